The number of amides is 1. The molecule has 1 amide bonds. The van der Waals surface area contributed by atoms with Crippen LogP contribution >= 0.6 is 0 Å². The highest BCUT2D eigenvalue weighted by Gasteiger charge is 2.12. The van der Waals surface area contributed by atoms with Gasteiger partial charge < -0.3 is 4.74 Å². The Kier molecular flexibility index (Phi) is 7.12. The Balaban J connectivity index is 1.62. The van der Waals surface area contributed by atoms with Gasteiger partial charge in [0.2, 0.25) is 0 Å². The highest BCUT2D eigenvalue weighted by molar-refractivity contribution is 5.92. The second-order valence-electron chi connectivity index (χ2n) is 7.45. The highest BCUT2D eigenvalue weighted by Crippen LogP contribution is 2.22. The van der Waals surface area contributed by atoms with Crippen LogP contribution in [-0.4, -0.2) is 28.2 Å². The Morgan fingerprint density at radius 3 is 2.54 bits per heavy atom. The number of ether oxygens (including phenoxy) is 1. The van der Waals surface area contributed by atoms with E-state index in [2.05, 4.69) is 20.5 Å². The van der Waals surface area contributed by atoms with Crippen LogP contribution in [0.25, 0.3) is 11.3 Å². The fourth-order valence-electron chi connectivity index (χ4n) is 3.31. The van der Waals surface area contributed by atoms with Gasteiger partial charge >= 0.3 is 0 Å². The molecule has 6 nitrogen and oxygen atoms in total. The third kappa shape index (κ3) is 5.87. The molecule has 1 aromatic carbocycles. The largest absolute Gasteiger partial charge is 0.491 e. The van der Waals surface area contributed by atoms with E-state index in [1.165, 1.54) is 31.9 Å². The summed E-state index contributed by atoms with van der Waals surface area (Å²) < 4.78 is 5.65. The molecule has 0 spiro atoms. The maximum Gasteiger partial charge on any atom is 0.291 e. The van der Waals surface area contributed by atoms with Crippen LogP contribution in [0.5, 0.6) is 5.75 Å². The summed E-state index contributed by atoms with van der Waals surface area (Å²) >= 11 is 0. The molecule has 0 bridgehead atoms. The van der Waals surface area contributed by atoms with Crippen molar-refractivity contribution < 1.29 is 9.53 Å². The molecule has 1 aromatic heterocycles. The van der Waals surface area contributed by atoms with Gasteiger partial charge in [0.15, 0.2) is 0 Å². The van der Waals surface area contributed by atoms with Crippen molar-refractivity contribution in [3.63, 3.8) is 0 Å². The molecule has 2 aromatic rings. The van der Waals surface area contributed by atoms with E-state index >= 15 is 0 Å². The molecule has 0 aliphatic heterocycles. The van der Waals surface area contributed by atoms with Gasteiger partial charge in [-0.05, 0) is 56.9 Å². The minimum atomic E-state index is -0.348. The Labute approximate surface area is 166 Å². The summed E-state index contributed by atoms with van der Waals surface area (Å²) in [6.45, 7) is 3.97. The number of aromatic nitrogens is 2. The quantitative estimate of drug-likeness (QED) is 0.451. The van der Waals surface area contributed by atoms with Gasteiger partial charge in [-0.1, -0.05) is 25.7 Å². The first-order valence-electron chi connectivity index (χ1n) is 10.0. The molecule has 1 aliphatic carbocycles. The molecular formula is C22H28N4O2. The molecule has 1 heterocycles. The fourth-order valence-corrected chi connectivity index (χ4v) is 3.31. The Morgan fingerprint density at radius 2 is 1.86 bits per heavy atom. The number of carbonyl (C=O) groups excluding carboxylic acids is 1. The van der Waals surface area contributed by atoms with Crippen LogP contribution in [-0.2, 0) is 0 Å². The van der Waals surface area contributed by atoms with Crippen molar-refractivity contribution in [1.82, 2.24) is 15.4 Å². The lowest BCUT2D eigenvalue weighted by Gasteiger charge is -2.10. The molecule has 1 aliphatic rings. The molecule has 148 valence electrons. The van der Waals surface area contributed by atoms with Gasteiger partial charge in [0.05, 0.1) is 24.2 Å². The SMILES string of the molecule is CC(C)Oc1ccc(-c2cncc(C(=O)NN=CC3CCCCCC3)n2)cc1. The maximum absolute atomic E-state index is 12.4. The summed E-state index contributed by atoms with van der Waals surface area (Å²) in [5, 5.41) is 4.15. The van der Waals surface area contributed by atoms with Gasteiger partial charge in [0, 0.05) is 11.8 Å². The Hall–Kier alpha value is -2.76. The third-order valence-electron chi connectivity index (χ3n) is 4.74. The lowest BCUT2D eigenvalue weighted by Crippen LogP contribution is -2.20. The number of carbonyl (C=O) groups is 1. The molecule has 0 unspecified atom stereocenters. The lowest BCUT2D eigenvalue weighted by molar-refractivity contribution is 0.0949. The number of nitrogens with zero attached hydrogens (tertiary/aromatic N) is 3. The zero-order chi connectivity index (χ0) is 19.8. The van der Waals surface area contributed by atoms with Gasteiger partial charge in [-0.15, -0.1) is 0 Å². The predicted molar refractivity (Wildman–Crippen MR) is 110 cm³/mol. The normalized spacial score (nSPS) is 15.5. The van der Waals surface area contributed by atoms with Gasteiger partial charge in [-0.25, -0.2) is 10.4 Å². The first kappa shape index (κ1) is 20.0. The van der Waals surface area contributed by atoms with E-state index in [0.29, 0.717) is 11.6 Å². The maximum atomic E-state index is 12.4. The average molecular weight is 380 g/mol. The van der Waals surface area contributed by atoms with Crippen LogP contribution in [0.15, 0.2) is 41.8 Å². The number of hydrogen-bond donors (Lipinski definition) is 1. The van der Waals surface area contributed by atoms with Crippen LogP contribution in [0.3, 0.4) is 0 Å². The minimum Gasteiger partial charge on any atom is -0.491 e. The molecule has 0 atom stereocenters. The smallest absolute Gasteiger partial charge is 0.291 e. The van der Waals surface area contributed by atoms with Gasteiger partial charge in [0.25, 0.3) is 5.91 Å². The van der Waals surface area contributed by atoms with E-state index in [1.54, 1.807) is 6.20 Å². The summed E-state index contributed by atoms with van der Waals surface area (Å²) in [5.41, 5.74) is 4.34. The van der Waals surface area contributed by atoms with Crippen LogP contribution in [0.1, 0.15) is 62.9 Å². The number of hydrazone groups is 1. The van der Waals surface area contributed by atoms with Crippen LogP contribution in [0.2, 0.25) is 0 Å². The molecule has 0 radical (unpaired) electrons. The van der Waals surface area contributed by atoms with E-state index in [0.717, 1.165) is 24.2 Å². The first-order valence-corrected chi connectivity index (χ1v) is 10.0. The van der Waals surface area contributed by atoms with Crippen molar-refractivity contribution in [3.05, 3.63) is 42.4 Å². The predicted octanol–water partition coefficient (Wildman–Crippen LogP) is 4.62. The molecule has 1 N–H and O–H groups in total. The second kappa shape index (κ2) is 9.97. The van der Waals surface area contributed by atoms with Crippen molar-refractivity contribution >= 4 is 12.1 Å². The van der Waals surface area contributed by atoms with Gasteiger partial charge in [0.1, 0.15) is 11.4 Å². The van der Waals surface area contributed by atoms with Gasteiger partial charge in [-0.3, -0.25) is 9.78 Å². The molecular weight excluding hydrogens is 352 g/mol. The third-order valence-corrected chi connectivity index (χ3v) is 4.74. The minimum absolute atomic E-state index is 0.121. The lowest BCUT2D eigenvalue weighted by atomic mass is 10.0. The average Bonchev–Trinajstić information content (AvgIpc) is 2.97. The summed E-state index contributed by atoms with van der Waals surface area (Å²) in [7, 11) is 0. The van der Waals surface area contributed by atoms with Crippen molar-refractivity contribution in [2.45, 2.75) is 58.5 Å². The van der Waals surface area contributed by atoms with E-state index in [-0.39, 0.29) is 17.7 Å². The Morgan fingerprint density at radius 1 is 1.14 bits per heavy atom. The highest BCUT2D eigenvalue weighted by atomic mass is 16.5. The molecule has 0 saturated heterocycles. The van der Waals surface area contributed by atoms with E-state index in [9.17, 15) is 4.79 Å². The molecule has 6 heteroatoms. The van der Waals surface area contributed by atoms with Crippen molar-refractivity contribution in [3.8, 4) is 17.0 Å². The van der Waals surface area contributed by atoms with Crippen LogP contribution < -0.4 is 10.2 Å². The van der Waals surface area contributed by atoms with E-state index in [1.807, 2.05) is 44.3 Å². The molecule has 1 saturated carbocycles. The standard InChI is InChI=1S/C22H28N4O2/c1-16(2)28-19-11-9-18(10-12-19)20-14-23-15-21(25-20)22(27)26-24-13-17-7-5-3-4-6-8-17/h9-17H,3-8H2,1-2H3,(H,26,27). The summed E-state index contributed by atoms with van der Waals surface area (Å²) in [6.07, 6.45) is 12.4. The van der Waals surface area contributed by atoms with Crippen molar-refractivity contribution in [2.75, 3.05) is 0 Å². The summed E-state index contributed by atoms with van der Waals surface area (Å²) in [5.74, 6) is 0.902. The van der Waals surface area contributed by atoms with Gasteiger partial charge in [-0.2, -0.15) is 5.10 Å². The van der Waals surface area contributed by atoms with Crippen molar-refractivity contribution in [1.29, 1.82) is 0 Å². The monoisotopic (exact) mass is 380 g/mol. The number of rotatable bonds is 6. The van der Waals surface area contributed by atoms with E-state index < -0.39 is 0 Å². The molecule has 3 rings (SSSR count). The fraction of sp³-hybridized carbons (Fsp3) is 0.455. The topological polar surface area (TPSA) is 76.5 Å². The van der Waals surface area contributed by atoms with Crippen LogP contribution in [0, 0.1) is 5.92 Å². The summed E-state index contributed by atoms with van der Waals surface area (Å²) in [6, 6.07) is 7.60. The molecule has 28 heavy (non-hydrogen) atoms. The number of hydrogen-bond acceptors (Lipinski definition) is 5. The zero-order valence-corrected chi connectivity index (χ0v) is 16.6. The van der Waals surface area contributed by atoms with Crippen LogP contribution in [0.4, 0.5) is 0 Å². The second-order valence-corrected chi connectivity index (χ2v) is 7.45. The summed E-state index contributed by atoms with van der Waals surface area (Å²) in [4.78, 5) is 20.9. The number of nitrogens with one attached hydrogen (secondary N) is 1. The molecule has 1 fully saturated rings. The number of benzene rings is 1. The zero-order valence-electron chi connectivity index (χ0n) is 16.6. The van der Waals surface area contributed by atoms with Crippen molar-refractivity contribution in [2.24, 2.45) is 11.0 Å². The van der Waals surface area contributed by atoms with E-state index in [4.69, 9.17) is 4.74 Å². The Bertz CT molecular complexity index is 794. The first-order chi connectivity index (χ1) is 13.6.